The molecule has 2 N–H and O–H groups in total. The van der Waals surface area contributed by atoms with Crippen molar-refractivity contribution in [3.8, 4) is 0 Å². The Morgan fingerprint density at radius 3 is 3.04 bits per heavy atom. The molecule has 1 fully saturated rings. The average Bonchev–Trinajstić information content (AvgIpc) is 3.21. The molecule has 3 rings (SSSR count). The van der Waals surface area contributed by atoms with Gasteiger partial charge in [-0.1, -0.05) is 6.07 Å². The molecule has 7 heteroatoms. The number of nitrogens with one attached hydrogen (secondary N) is 1. The highest BCUT2D eigenvalue weighted by atomic mass is 16.3. The molecule has 7 nitrogen and oxygen atoms in total. The molecule has 2 aromatic heterocycles. The van der Waals surface area contributed by atoms with Crippen LogP contribution in [0.4, 0.5) is 5.82 Å². The first-order valence-corrected chi connectivity index (χ1v) is 7.78. The summed E-state index contributed by atoms with van der Waals surface area (Å²) >= 11 is 0. The number of aliphatic hydroxyl groups is 1. The van der Waals surface area contributed by atoms with Gasteiger partial charge in [0.05, 0.1) is 24.9 Å². The summed E-state index contributed by atoms with van der Waals surface area (Å²) in [5.41, 5.74) is 1.43. The number of carbonyl (C=O) groups excluding carboxylic acids is 1. The van der Waals surface area contributed by atoms with Crippen LogP contribution < -0.4 is 5.32 Å². The number of anilines is 1. The van der Waals surface area contributed by atoms with Gasteiger partial charge in [-0.2, -0.15) is 5.10 Å². The van der Waals surface area contributed by atoms with Crippen molar-refractivity contribution in [3.63, 3.8) is 0 Å². The highest BCUT2D eigenvalue weighted by Crippen LogP contribution is 2.19. The van der Waals surface area contributed by atoms with E-state index >= 15 is 0 Å². The van der Waals surface area contributed by atoms with Crippen LogP contribution >= 0.6 is 0 Å². The fourth-order valence-electron chi connectivity index (χ4n) is 2.85. The Balaban J connectivity index is 1.69. The molecule has 0 radical (unpaired) electrons. The van der Waals surface area contributed by atoms with E-state index in [9.17, 15) is 9.90 Å². The van der Waals surface area contributed by atoms with Crippen molar-refractivity contribution < 1.29 is 9.90 Å². The van der Waals surface area contributed by atoms with Gasteiger partial charge in [-0.3, -0.25) is 9.48 Å². The Bertz CT molecular complexity index is 685. The van der Waals surface area contributed by atoms with E-state index in [2.05, 4.69) is 15.4 Å². The van der Waals surface area contributed by atoms with Crippen molar-refractivity contribution in [2.45, 2.75) is 25.4 Å². The number of aryl methyl sites for hydroxylation is 1. The molecule has 0 saturated carbocycles. The maximum Gasteiger partial charge on any atom is 0.272 e. The molecule has 3 heterocycles. The zero-order valence-electron chi connectivity index (χ0n) is 13.1. The number of pyridine rings is 1. The molecule has 122 valence electrons. The minimum Gasteiger partial charge on any atom is -0.394 e. The second-order valence-corrected chi connectivity index (χ2v) is 5.68. The van der Waals surface area contributed by atoms with Gasteiger partial charge in [-0.25, -0.2) is 4.98 Å². The second-order valence-electron chi connectivity index (χ2n) is 5.68. The van der Waals surface area contributed by atoms with Gasteiger partial charge >= 0.3 is 0 Å². The van der Waals surface area contributed by atoms with Crippen LogP contribution in [0.2, 0.25) is 0 Å². The molecule has 1 amide bonds. The van der Waals surface area contributed by atoms with Gasteiger partial charge in [-0.05, 0) is 31.0 Å². The summed E-state index contributed by atoms with van der Waals surface area (Å²) in [6, 6.07) is 7.20. The van der Waals surface area contributed by atoms with Gasteiger partial charge < -0.3 is 15.3 Å². The number of hydrogen-bond donors (Lipinski definition) is 2. The normalized spacial score (nSPS) is 17.5. The lowest BCUT2D eigenvalue weighted by Crippen LogP contribution is -2.38. The van der Waals surface area contributed by atoms with Crippen molar-refractivity contribution in [1.82, 2.24) is 19.7 Å². The summed E-state index contributed by atoms with van der Waals surface area (Å²) in [6.45, 7) is 1.27. The fraction of sp³-hybridized carbons (Fsp3) is 0.438. The van der Waals surface area contributed by atoms with Gasteiger partial charge in [-0.15, -0.1) is 0 Å². The van der Waals surface area contributed by atoms with Gasteiger partial charge in [0.2, 0.25) is 0 Å². The Morgan fingerprint density at radius 1 is 1.43 bits per heavy atom. The maximum atomic E-state index is 12.6. The maximum absolute atomic E-state index is 12.6. The second kappa shape index (κ2) is 6.78. The standard InChI is InChI=1S/C16H21N5O2/c1-20-12(7-8-18-20)10-17-15-6-2-5-14(19-15)16(23)21-9-3-4-13(21)11-22/h2,5-8,13,22H,3-4,9-11H2,1H3,(H,17,19)/t13-/m0/s1. The Morgan fingerprint density at radius 2 is 2.30 bits per heavy atom. The Hall–Kier alpha value is -2.41. The topological polar surface area (TPSA) is 83.3 Å². The van der Waals surface area contributed by atoms with Crippen LogP contribution in [0.5, 0.6) is 0 Å². The predicted octanol–water partition coefficient (Wildman–Crippen LogP) is 1.02. The number of hydrogen-bond acceptors (Lipinski definition) is 5. The molecule has 1 aliphatic rings. The third-order valence-electron chi connectivity index (χ3n) is 4.19. The van der Waals surface area contributed by atoms with Gasteiger partial charge in [0.25, 0.3) is 5.91 Å². The lowest BCUT2D eigenvalue weighted by atomic mass is 10.2. The minimum atomic E-state index is -0.120. The number of aromatic nitrogens is 3. The van der Waals surface area contributed by atoms with E-state index in [4.69, 9.17) is 0 Å². The van der Waals surface area contributed by atoms with Crippen molar-refractivity contribution in [2.24, 2.45) is 7.05 Å². The molecule has 0 spiro atoms. The fourth-order valence-corrected chi connectivity index (χ4v) is 2.85. The number of likely N-dealkylation sites (tertiary alicyclic amines) is 1. The average molecular weight is 315 g/mol. The number of amides is 1. The van der Waals surface area contributed by atoms with Crippen LogP contribution in [0.15, 0.2) is 30.5 Å². The summed E-state index contributed by atoms with van der Waals surface area (Å²) < 4.78 is 1.79. The van der Waals surface area contributed by atoms with Gasteiger partial charge in [0.15, 0.2) is 0 Å². The molecule has 23 heavy (non-hydrogen) atoms. The monoisotopic (exact) mass is 315 g/mol. The summed E-state index contributed by atoms with van der Waals surface area (Å²) in [7, 11) is 1.88. The van der Waals surface area contributed by atoms with Crippen LogP contribution in [0, 0.1) is 0 Å². The Kier molecular flexibility index (Phi) is 4.57. The highest BCUT2D eigenvalue weighted by Gasteiger charge is 2.29. The molecule has 1 saturated heterocycles. The highest BCUT2D eigenvalue weighted by molar-refractivity contribution is 5.93. The lowest BCUT2D eigenvalue weighted by Gasteiger charge is -2.22. The first-order valence-electron chi connectivity index (χ1n) is 7.78. The lowest BCUT2D eigenvalue weighted by molar-refractivity contribution is 0.0672. The molecule has 2 aromatic rings. The third-order valence-corrected chi connectivity index (χ3v) is 4.19. The van der Waals surface area contributed by atoms with Crippen molar-refractivity contribution in [3.05, 3.63) is 41.9 Å². The van der Waals surface area contributed by atoms with E-state index in [-0.39, 0.29) is 18.6 Å². The summed E-state index contributed by atoms with van der Waals surface area (Å²) in [5.74, 6) is 0.530. The molecule has 0 unspecified atom stereocenters. The first-order chi connectivity index (χ1) is 11.2. The molecular weight excluding hydrogens is 294 g/mol. The van der Waals surface area contributed by atoms with E-state index in [1.54, 1.807) is 21.8 Å². The minimum absolute atomic E-state index is 0.00414. The molecule has 0 bridgehead atoms. The molecular formula is C16H21N5O2. The van der Waals surface area contributed by atoms with Crippen LogP contribution in [0.3, 0.4) is 0 Å². The van der Waals surface area contributed by atoms with E-state index in [0.717, 1.165) is 18.5 Å². The molecule has 1 atom stereocenters. The molecule has 1 aliphatic heterocycles. The van der Waals surface area contributed by atoms with Gasteiger partial charge in [0, 0.05) is 19.8 Å². The SMILES string of the molecule is Cn1nccc1CNc1cccc(C(=O)N2CCC[C@H]2CO)n1. The van der Waals surface area contributed by atoms with Crippen molar-refractivity contribution in [2.75, 3.05) is 18.5 Å². The van der Waals surface area contributed by atoms with Crippen LogP contribution in [-0.2, 0) is 13.6 Å². The third kappa shape index (κ3) is 3.34. The van der Waals surface area contributed by atoms with Crippen LogP contribution in [-0.4, -0.2) is 49.9 Å². The van der Waals surface area contributed by atoms with Crippen LogP contribution in [0.25, 0.3) is 0 Å². The number of carbonyl (C=O) groups is 1. The number of rotatable bonds is 5. The van der Waals surface area contributed by atoms with Crippen LogP contribution in [0.1, 0.15) is 29.0 Å². The zero-order chi connectivity index (χ0) is 16.2. The van der Waals surface area contributed by atoms with E-state index < -0.39 is 0 Å². The molecule has 0 aliphatic carbocycles. The zero-order valence-corrected chi connectivity index (χ0v) is 13.1. The molecule has 0 aromatic carbocycles. The largest absolute Gasteiger partial charge is 0.394 e. The Labute approximate surface area is 134 Å². The quantitative estimate of drug-likeness (QED) is 0.861. The smallest absolute Gasteiger partial charge is 0.272 e. The summed E-state index contributed by atoms with van der Waals surface area (Å²) in [5, 5.41) is 16.7. The van der Waals surface area contributed by atoms with Crippen molar-refractivity contribution >= 4 is 11.7 Å². The van der Waals surface area contributed by atoms with E-state index in [1.807, 2.05) is 25.2 Å². The first kappa shape index (κ1) is 15.5. The van der Waals surface area contributed by atoms with E-state index in [1.165, 1.54) is 0 Å². The summed E-state index contributed by atoms with van der Waals surface area (Å²) in [4.78, 5) is 18.7. The number of aliphatic hydroxyl groups excluding tert-OH is 1. The number of nitrogens with zero attached hydrogens (tertiary/aromatic N) is 4. The summed E-state index contributed by atoms with van der Waals surface area (Å²) in [6.07, 6.45) is 3.52. The predicted molar refractivity (Wildman–Crippen MR) is 85.9 cm³/mol. The van der Waals surface area contributed by atoms with E-state index in [0.29, 0.717) is 24.6 Å². The van der Waals surface area contributed by atoms with Gasteiger partial charge in [0.1, 0.15) is 11.5 Å². The van der Waals surface area contributed by atoms with Crippen molar-refractivity contribution in [1.29, 1.82) is 0 Å².